The van der Waals surface area contributed by atoms with E-state index in [2.05, 4.69) is 17.6 Å². The molecule has 0 unspecified atom stereocenters. The lowest BCUT2D eigenvalue weighted by molar-refractivity contribution is -0.121. The van der Waals surface area contributed by atoms with E-state index in [4.69, 9.17) is 0 Å². The standard InChI is InChI=1S/C23H28N2O2/c1-2-3-17-24-21(26)19-13-7-8-14-20(19)25-22(27)23(15-9-10-16-23)18-11-5-4-6-12-18/h4-8,11-14H,2-3,9-10,15-17H2,1H3,(H,24,26)(H,25,27). The van der Waals surface area contributed by atoms with Crippen molar-refractivity contribution in [3.63, 3.8) is 0 Å². The summed E-state index contributed by atoms with van der Waals surface area (Å²) in [7, 11) is 0. The maximum absolute atomic E-state index is 13.3. The molecule has 3 rings (SSSR count). The van der Waals surface area contributed by atoms with Gasteiger partial charge >= 0.3 is 0 Å². The van der Waals surface area contributed by atoms with E-state index < -0.39 is 5.41 Å². The van der Waals surface area contributed by atoms with Gasteiger partial charge in [-0.2, -0.15) is 0 Å². The van der Waals surface area contributed by atoms with Crippen molar-refractivity contribution < 1.29 is 9.59 Å². The third-order valence-electron chi connectivity index (χ3n) is 5.45. The Labute approximate surface area is 161 Å². The van der Waals surface area contributed by atoms with Gasteiger partial charge in [-0.25, -0.2) is 0 Å². The van der Waals surface area contributed by atoms with Gasteiger partial charge < -0.3 is 10.6 Å². The monoisotopic (exact) mass is 364 g/mol. The highest BCUT2D eigenvalue weighted by Crippen LogP contribution is 2.42. The second-order valence-electron chi connectivity index (χ2n) is 7.26. The maximum atomic E-state index is 13.3. The Bertz CT molecular complexity index is 780. The number of hydrogen-bond donors (Lipinski definition) is 2. The molecule has 4 heteroatoms. The Morgan fingerprint density at radius 3 is 2.33 bits per heavy atom. The van der Waals surface area contributed by atoms with Crippen LogP contribution in [0, 0.1) is 0 Å². The number of unbranched alkanes of at least 4 members (excludes halogenated alkanes) is 1. The van der Waals surface area contributed by atoms with Crippen molar-refractivity contribution in [2.45, 2.75) is 50.9 Å². The Hall–Kier alpha value is -2.62. The van der Waals surface area contributed by atoms with Gasteiger partial charge in [0, 0.05) is 6.54 Å². The molecular formula is C23H28N2O2. The van der Waals surface area contributed by atoms with Crippen molar-refractivity contribution in [3.8, 4) is 0 Å². The quantitative estimate of drug-likeness (QED) is 0.702. The molecule has 0 bridgehead atoms. The minimum atomic E-state index is -0.507. The van der Waals surface area contributed by atoms with Gasteiger partial charge in [-0.15, -0.1) is 0 Å². The van der Waals surface area contributed by atoms with Crippen molar-refractivity contribution in [2.75, 3.05) is 11.9 Å². The predicted molar refractivity (Wildman–Crippen MR) is 109 cm³/mol. The Morgan fingerprint density at radius 2 is 1.63 bits per heavy atom. The molecule has 4 nitrogen and oxygen atoms in total. The highest BCUT2D eigenvalue weighted by Gasteiger charge is 2.42. The van der Waals surface area contributed by atoms with Gasteiger partial charge in [-0.3, -0.25) is 9.59 Å². The molecule has 0 aliphatic heterocycles. The van der Waals surface area contributed by atoms with E-state index in [0.29, 0.717) is 17.8 Å². The highest BCUT2D eigenvalue weighted by atomic mass is 16.2. The topological polar surface area (TPSA) is 58.2 Å². The van der Waals surface area contributed by atoms with Crippen LogP contribution in [0.15, 0.2) is 54.6 Å². The van der Waals surface area contributed by atoms with Crippen LogP contribution in [0.4, 0.5) is 5.69 Å². The lowest BCUT2D eigenvalue weighted by Gasteiger charge is -2.28. The highest BCUT2D eigenvalue weighted by molar-refractivity contribution is 6.06. The Morgan fingerprint density at radius 1 is 0.963 bits per heavy atom. The fraction of sp³-hybridized carbons (Fsp3) is 0.391. The van der Waals surface area contributed by atoms with Crippen molar-refractivity contribution in [2.24, 2.45) is 0 Å². The van der Waals surface area contributed by atoms with Crippen LogP contribution in [0.2, 0.25) is 0 Å². The summed E-state index contributed by atoms with van der Waals surface area (Å²) in [5, 5.41) is 6.00. The zero-order valence-corrected chi connectivity index (χ0v) is 16.0. The minimum Gasteiger partial charge on any atom is -0.352 e. The molecule has 2 N–H and O–H groups in total. The average Bonchev–Trinajstić information content (AvgIpc) is 3.20. The first-order valence-corrected chi connectivity index (χ1v) is 9.91. The van der Waals surface area contributed by atoms with E-state index in [-0.39, 0.29) is 11.8 Å². The molecular weight excluding hydrogens is 336 g/mol. The van der Waals surface area contributed by atoms with E-state index >= 15 is 0 Å². The summed E-state index contributed by atoms with van der Waals surface area (Å²) in [5.41, 5.74) is 1.65. The van der Waals surface area contributed by atoms with Gasteiger partial charge in [0.25, 0.3) is 5.91 Å². The minimum absolute atomic E-state index is 0.0139. The molecule has 142 valence electrons. The number of benzene rings is 2. The van der Waals surface area contributed by atoms with Gasteiger partial charge in [-0.05, 0) is 37.0 Å². The summed E-state index contributed by atoms with van der Waals surface area (Å²) >= 11 is 0. The molecule has 1 aliphatic carbocycles. The number of nitrogens with one attached hydrogen (secondary N) is 2. The van der Waals surface area contributed by atoms with Crippen molar-refractivity contribution in [1.82, 2.24) is 5.32 Å². The second kappa shape index (κ2) is 8.85. The molecule has 27 heavy (non-hydrogen) atoms. The third-order valence-corrected chi connectivity index (χ3v) is 5.45. The van der Waals surface area contributed by atoms with Gasteiger partial charge in [-0.1, -0.05) is 68.7 Å². The summed E-state index contributed by atoms with van der Waals surface area (Å²) < 4.78 is 0. The number of carbonyl (C=O) groups excluding carboxylic acids is 2. The van der Waals surface area contributed by atoms with E-state index in [0.717, 1.165) is 44.1 Å². The van der Waals surface area contributed by atoms with Crippen molar-refractivity contribution in [3.05, 3.63) is 65.7 Å². The number of amides is 2. The zero-order valence-electron chi connectivity index (χ0n) is 16.0. The second-order valence-corrected chi connectivity index (χ2v) is 7.26. The lowest BCUT2D eigenvalue weighted by Crippen LogP contribution is -2.38. The number of hydrogen-bond acceptors (Lipinski definition) is 2. The number of carbonyl (C=O) groups is 2. The van der Waals surface area contributed by atoms with Gasteiger partial charge in [0.05, 0.1) is 16.7 Å². The van der Waals surface area contributed by atoms with Crippen LogP contribution in [-0.4, -0.2) is 18.4 Å². The Balaban J connectivity index is 1.82. The largest absolute Gasteiger partial charge is 0.352 e. The van der Waals surface area contributed by atoms with E-state index in [1.807, 2.05) is 42.5 Å². The first-order valence-electron chi connectivity index (χ1n) is 9.91. The van der Waals surface area contributed by atoms with Gasteiger partial charge in [0.2, 0.25) is 5.91 Å². The number of rotatable bonds is 7. The zero-order chi connectivity index (χ0) is 19.1. The molecule has 1 aliphatic rings. The molecule has 0 atom stereocenters. The molecule has 1 saturated carbocycles. The molecule has 2 aromatic carbocycles. The SMILES string of the molecule is CCCCNC(=O)c1ccccc1NC(=O)C1(c2ccccc2)CCCC1. The summed E-state index contributed by atoms with van der Waals surface area (Å²) in [5.74, 6) is -0.153. The van der Waals surface area contributed by atoms with E-state index in [1.54, 1.807) is 12.1 Å². The van der Waals surface area contributed by atoms with Crippen LogP contribution in [-0.2, 0) is 10.2 Å². The fourth-order valence-electron chi connectivity index (χ4n) is 3.89. The summed E-state index contributed by atoms with van der Waals surface area (Å²) in [6, 6.07) is 17.3. The average molecular weight is 364 g/mol. The molecule has 2 aromatic rings. The first kappa shape index (κ1) is 19.2. The summed E-state index contributed by atoms with van der Waals surface area (Å²) in [6.07, 6.45) is 5.74. The number of anilines is 1. The van der Waals surface area contributed by atoms with E-state index in [1.165, 1.54) is 0 Å². The molecule has 1 fully saturated rings. The van der Waals surface area contributed by atoms with Crippen molar-refractivity contribution >= 4 is 17.5 Å². The Kier molecular flexibility index (Phi) is 6.28. The van der Waals surface area contributed by atoms with Crippen LogP contribution >= 0.6 is 0 Å². The van der Waals surface area contributed by atoms with Gasteiger partial charge in [0.1, 0.15) is 0 Å². The summed E-state index contributed by atoms with van der Waals surface area (Å²) in [6.45, 7) is 2.73. The normalized spacial score (nSPS) is 15.3. The smallest absolute Gasteiger partial charge is 0.253 e. The van der Waals surface area contributed by atoms with Crippen molar-refractivity contribution in [1.29, 1.82) is 0 Å². The summed E-state index contributed by atoms with van der Waals surface area (Å²) in [4.78, 5) is 25.9. The van der Waals surface area contributed by atoms with E-state index in [9.17, 15) is 9.59 Å². The van der Waals surface area contributed by atoms with Crippen LogP contribution < -0.4 is 10.6 Å². The molecule has 0 aromatic heterocycles. The van der Waals surface area contributed by atoms with Crippen LogP contribution in [0.3, 0.4) is 0 Å². The number of para-hydroxylation sites is 1. The molecule has 0 heterocycles. The lowest BCUT2D eigenvalue weighted by atomic mass is 9.78. The van der Waals surface area contributed by atoms with Crippen LogP contribution in [0.25, 0.3) is 0 Å². The molecule has 0 saturated heterocycles. The predicted octanol–water partition coefficient (Wildman–Crippen LogP) is 4.67. The first-order chi connectivity index (χ1) is 13.2. The maximum Gasteiger partial charge on any atom is 0.253 e. The van der Waals surface area contributed by atoms with Gasteiger partial charge in [0.15, 0.2) is 0 Å². The van der Waals surface area contributed by atoms with Crippen LogP contribution in [0.5, 0.6) is 0 Å². The molecule has 0 radical (unpaired) electrons. The third kappa shape index (κ3) is 4.21. The molecule has 0 spiro atoms. The molecule has 2 amide bonds. The van der Waals surface area contributed by atoms with Crippen LogP contribution in [0.1, 0.15) is 61.4 Å². The fourth-order valence-corrected chi connectivity index (χ4v) is 3.89.